The molecule has 0 unspecified atom stereocenters. The van der Waals surface area contributed by atoms with Crippen molar-refractivity contribution >= 4 is 23.6 Å². The third-order valence-electron chi connectivity index (χ3n) is 3.58. The molecule has 2 rings (SSSR count). The number of nitrogens with zero attached hydrogens (tertiary/aromatic N) is 1. The summed E-state index contributed by atoms with van der Waals surface area (Å²) in [6, 6.07) is 5.85. The summed E-state index contributed by atoms with van der Waals surface area (Å²) < 4.78 is 19.4. The van der Waals surface area contributed by atoms with Gasteiger partial charge in [-0.25, -0.2) is 9.18 Å². The summed E-state index contributed by atoms with van der Waals surface area (Å²) in [5.41, 5.74) is 0.0980. The molecule has 0 bridgehead atoms. The number of rotatable bonds is 3. The van der Waals surface area contributed by atoms with Crippen LogP contribution in [0.1, 0.15) is 32.8 Å². The number of halogens is 2. The van der Waals surface area contributed by atoms with Crippen LogP contribution in [0.3, 0.4) is 0 Å². The van der Waals surface area contributed by atoms with E-state index in [0.29, 0.717) is 5.02 Å². The highest BCUT2D eigenvalue weighted by atomic mass is 35.5. The first-order valence-corrected chi connectivity index (χ1v) is 8.21. The topological polar surface area (TPSA) is 58.6 Å². The van der Waals surface area contributed by atoms with E-state index in [1.54, 1.807) is 45.0 Å². The maximum absolute atomic E-state index is 14.1. The number of carbonyl (C=O) groups excluding carboxylic acids is 2. The van der Waals surface area contributed by atoms with Crippen molar-refractivity contribution in [2.24, 2.45) is 0 Å². The van der Waals surface area contributed by atoms with Gasteiger partial charge in [0, 0.05) is 18.1 Å². The Morgan fingerprint density at radius 1 is 1.42 bits per heavy atom. The lowest BCUT2D eigenvalue weighted by molar-refractivity contribution is -0.127. The third-order valence-corrected chi connectivity index (χ3v) is 3.81. The third kappa shape index (κ3) is 4.84. The second-order valence-corrected chi connectivity index (χ2v) is 7.21. The van der Waals surface area contributed by atoms with Crippen molar-refractivity contribution in [3.63, 3.8) is 0 Å². The van der Waals surface area contributed by atoms with Gasteiger partial charge in [-0.1, -0.05) is 23.7 Å². The van der Waals surface area contributed by atoms with E-state index in [1.807, 2.05) is 0 Å². The molecule has 1 fully saturated rings. The number of amides is 2. The molecule has 1 saturated heterocycles. The number of nitrogens with one attached hydrogen (secondary N) is 1. The zero-order chi connectivity index (χ0) is 17.9. The number of hydrogen-bond acceptors (Lipinski definition) is 3. The van der Waals surface area contributed by atoms with Gasteiger partial charge < -0.3 is 10.1 Å². The highest BCUT2D eigenvalue weighted by molar-refractivity contribution is 6.30. The molecule has 0 aliphatic carbocycles. The van der Waals surface area contributed by atoms with E-state index >= 15 is 0 Å². The molecule has 7 heteroatoms. The second-order valence-electron chi connectivity index (χ2n) is 6.77. The zero-order valence-electron chi connectivity index (χ0n) is 14.0. The number of carbonyl (C=O) groups is 2. The molecule has 5 nitrogen and oxygen atoms in total. The highest BCUT2D eigenvalue weighted by Crippen LogP contribution is 2.24. The summed E-state index contributed by atoms with van der Waals surface area (Å²) in [6.07, 6.45) is -1.96. The monoisotopic (exact) mass is 356 g/mol. The first-order chi connectivity index (χ1) is 11.2. The van der Waals surface area contributed by atoms with E-state index in [2.05, 4.69) is 5.32 Å². The van der Waals surface area contributed by atoms with Gasteiger partial charge in [0.05, 0.1) is 0 Å². The molecular weight excluding hydrogens is 335 g/mol. The fourth-order valence-corrected chi connectivity index (χ4v) is 2.74. The van der Waals surface area contributed by atoms with Gasteiger partial charge in [0.1, 0.15) is 17.8 Å². The molecule has 1 N–H and O–H groups in total. The van der Waals surface area contributed by atoms with Crippen LogP contribution in [0, 0.1) is 0 Å². The minimum atomic E-state index is -1.41. The van der Waals surface area contributed by atoms with Gasteiger partial charge >= 0.3 is 6.09 Å². The lowest BCUT2D eigenvalue weighted by Gasteiger charge is -2.28. The van der Waals surface area contributed by atoms with Crippen molar-refractivity contribution in [2.45, 2.75) is 51.6 Å². The molecule has 1 heterocycles. The quantitative estimate of drug-likeness (QED) is 0.904. The van der Waals surface area contributed by atoms with Gasteiger partial charge in [0.15, 0.2) is 0 Å². The van der Waals surface area contributed by atoms with E-state index in [0.717, 1.165) is 10.5 Å². The van der Waals surface area contributed by atoms with Crippen molar-refractivity contribution in [3.05, 3.63) is 34.9 Å². The molecule has 0 aromatic heterocycles. The minimum absolute atomic E-state index is 0.120. The van der Waals surface area contributed by atoms with Crippen LogP contribution in [0.25, 0.3) is 0 Å². The summed E-state index contributed by atoms with van der Waals surface area (Å²) in [7, 11) is 0. The predicted molar refractivity (Wildman–Crippen MR) is 89.5 cm³/mol. The molecule has 1 aliphatic heterocycles. The van der Waals surface area contributed by atoms with E-state index in [9.17, 15) is 14.0 Å². The van der Waals surface area contributed by atoms with Gasteiger partial charge in [0.25, 0.3) is 0 Å². The van der Waals surface area contributed by atoms with E-state index < -0.39 is 29.8 Å². The van der Waals surface area contributed by atoms with Crippen molar-refractivity contribution in [3.8, 4) is 0 Å². The SMILES string of the molecule is CC(C)(C)OC(=O)N1CC[C@@H](F)[C@H]1C(=O)NCc1cccc(Cl)c1. The average Bonchev–Trinajstić information content (AvgIpc) is 2.85. The summed E-state index contributed by atoms with van der Waals surface area (Å²) in [5.74, 6) is -0.536. The molecule has 2 atom stereocenters. The summed E-state index contributed by atoms with van der Waals surface area (Å²) >= 11 is 5.89. The van der Waals surface area contributed by atoms with Gasteiger partial charge in [-0.05, 0) is 44.9 Å². The van der Waals surface area contributed by atoms with E-state index in [-0.39, 0.29) is 19.5 Å². The molecule has 1 aromatic rings. The Balaban J connectivity index is 2.01. The van der Waals surface area contributed by atoms with E-state index in [1.165, 1.54) is 0 Å². The fraction of sp³-hybridized carbons (Fsp3) is 0.529. The van der Waals surface area contributed by atoms with Crippen LogP contribution in [0.2, 0.25) is 5.02 Å². The Labute approximate surface area is 146 Å². The van der Waals surface area contributed by atoms with Gasteiger partial charge in [-0.3, -0.25) is 9.69 Å². The molecule has 1 aliphatic rings. The maximum Gasteiger partial charge on any atom is 0.411 e. The Hall–Kier alpha value is -1.82. The first-order valence-electron chi connectivity index (χ1n) is 7.83. The summed E-state index contributed by atoms with van der Waals surface area (Å²) in [4.78, 5) is 25.7. The molecule has 24 heavy (non-hydrogen) atoms. The summed E-state index contributed by atoms with van der Waals surface area (Å²) in [6.45, 7) is 5.54. The Kier molecular flexibility index (Phi) is 5.70. The second kappa shape index (κ2) is 7.38. The number of likely N-dealkylation sites (tertiary alicyclic amines) is 1. The fourth-order valence-electron chi connectivity index (χ4n) is 2.53. The largest absolute Gasteiger partial charge is 0.444 e. The van der Waals surface area contributed by atoms with Gasteiger partial charge in [-0.15, -0.1) is 0 Å². The van der Waals surface area contributed by atoms with Crippen molar-refractivity contribution in [1.29, 1.82) is 0 Å². The van der Waals surface area contributed by atoms with Crippen molar-refractivity contribution in [2.75, 3.05) is 6.54 Å². The highest BCUT2D eigenvalue weighted by Gasteiger charge is 2.43. The zero-order valence-corrected chi connectivity index (χ0v) is 14.8. The van der Waals surface area contributed by atoms with Crippen LogP contribution in [-0.2, 0) is 16.1 Å². The summed E-state index contributed by atoms with van der Waals surface area (Å²) in [5, 5.41) is 3.22. The minimum Gasteiger partial charge on any atom is -0.444 e. The Morgan fingerprint density at radius 2 is 2.12 bits per heavy atom. The Bertz CT molecular complexity index is 618. The Morgan fingerprint density at radius 3 is 2.75 bits per heavy atom. The normalized spacial score (nSPS) is 20.8. The van der Waals surface area contributed by atoms with Crippen LogP contribution < -0.4 is 5.32 Å². The van der Waals surface area contributed by atoms with E-state index in [4.69, 9.17) is 16.3 Å². The molecule has 0 radical (unpaired) electrons. The average molecular weight is 357 g/mol. The molecule has 1 aromatic carbocycles. The number of benzene rings is 1. The van der Waals surface area contributed by atoms with Crippen molar-refractivity contribution in [1.82, 2.24) is 10.2 Å². The lowest BCUT2D eigenvalue weighted by atomic mass is 10.1. The van der Waals surface area contributed by atoms with Crippen LogP contribution in [0.15, 0.2) is 24.3 Å². The van der Waals surface area contributed by atoms with Gasteiger partial charge in [-0.2, -0.15) is 0 Å². The maximum atomic E-state index is 14.1. The van der Waals surface area contributed by atoms with Crippen LogP contribution >= 0.6 is 11.6 Å². The lowest BCUT2D eigenvalue weighted by Crippen LogP contribution is -2.50. The molecule has 0 saturated carbocycles. The van der Waals surface area contributed by atoms with Crippen LogP contribution in [0.5, 0.6) is 0 Å². The predicted octanol–water partition coefficient (Wildman–Crippen LogP) is 3.30. The smallest absolute Gasteiger partial charge is 0.411 e. The van der Waals surface area contributed by atoms with Crippen LogP contribution in [-0.4, -0.2) is 41.3 Å². The number of hydrogen-bond donors (Lipinski definition) is 1. The standard InChI is InChI=1S/C17H22ClFN2O3/c1-17(2,3)24-16(23)21-8-7-13(19)14(21)15(22)20-10-11-5-4-6-12(18)9-11/h4-6,9,13-14H,7-8,10H2,1-3H3,(H,20,22)/t13-,14+/m1/s1. The molecular formula is C17H22ClFN2O3. The van der Waals surface area contributed by atoms with Gasteiger partial charge in [0.2, 0.25) is 5.91 Å². The van der Waals surface area contributed by atoms with Crippen molar-refractivity contribution < 1.29 is 18.7 Å². The first kappa shape index (κ1) is 18.5. The molecule has 0 spiro atoms. The van der Waals surface area contributed by atoms with Crippen LogP contribution in [0.4, 0.5) is 9.18 Å². The number of alkyl halides is 1. The molecule has 2 amide bonds. The molecule has 132 valence electrons. The number of ether oxygens (including phenoxy) is 1.